The van der Waals surface area contributed by atoms with Crippen LogP contribution in [0.1, 0.15) is 259 Å². The number of esters is 2. The number of nitrogens with one attached hydrogen (secondary N) is 1. The van der Waals surface area contributed by atoms with Gasteiger partial charge < -0.3 is 19.5 Å². The van der Waals surface area contributed by atoms with Gasteiger partial charge in [-0.3, -0.25) is 9.59 Å². The van der Waals surface area contributed by atoms with Gasteiger partial charge in [0, 0.05) is 32.1 Å². The summed E-state index contributed by atoms with van der Waals surface area (Å²) in [6, 6.07) is 0.590. The number of carbonyl (C=O) groups is 2. The van der Waals surface area contributed by atoms with Crippen molar-refractivity contribution in [3.05, 3.63) is 0 Å². The molecule has 0 bridgehead atoms. The first-order chi connectivity index (χ1) is 27.5. The molecule has 1 aliphatic rings. The Balaban J connectivity index is 2.26. The number of ether oxygens (including phenoxy) is 3. The smallest absolute Gasteiger partial charge is 0.306 e. The van der Waals surface area contributed by atoms with E-state index in [9.17, 15) is 9.59 Å². The van der Waals surface area contributed by atoms with Crippen LogP contribution < -0.4 is 5.32 Å². The topological polar surface area (TPSA) is 73.9 Å². The first kappa shape index (κ1) is 52.9. The SMILES string of the molecule is CCCCCCCCC(CCCCCCCC)OC(=O)CCCCCCCC(CCCCCCCC(=O)OCCC(C)CCCCCC)NCC1CCOCC1. The van der Waals surface area contributed by atoms with E-state index in [-0.39, 0.29) is 18.0 Å². The molecule has 0 aromatic rings. The third kappa shape index (κ3) is 34.9. The number of hydrogen-bond acceptors (Lipinski definition) is 6. The van der Waals surface area contributed by atoms with Gasteiger partial charge in [-0.15, -0.1) is 0 Å². The minimum atomic E-state index is -0.00765. The molecule has 2 atom stereocenters. The average molecular weight is 792 g/mol. The summed E-state index contributed by atoms with van der Waals surface area (Å²) in [5.41, 5.74) is 0. The number of hydrogen-bond donors (Lipinski definition) is 1. The zero-order valence-corrected chi connectivity index (χ0v) is 38.1. The molecule has 332 valence electrons. The molecule has 0 aromatic heterocycles. The minimum Gasteiger partial charge on any atom is -0.466 e. The lowest BCUT2D eigenvalue weighted by molar-refractivity contribution is -0.150. The van der Waals surface area contributed by atoms with E-state index in [1.54, 1.807) is 0 Å². The van der Waals surface area contributed by atoms with Gasteiger partial charge in [0.2, 0.25) is 0 Å². The lowest BCUT2D eigenvalue weighted by Crippen LogP contribution is -2.35. The predicted octanol–water partition coefficient (Wildman–Crippen LogP) is 14.8. The van der Waals surface area contributed by atoms with Gasteiger partial charge in [-0.25, -0.2) is 0 Å². The van der Waals surface area contributed by atoms with Gasteiger partial charge in [-0.05, 0) is 89.0 Å². The summed E-state index contributed by atoms with van der Waals surface area (Å²) in [4.78, 5) is 25.1. The van der Waals surface area contributed by atoms with E-state index in [1.807, 2.05) is 0 Å². The van der Waals surface area contributed by atoms with Gasteiger partial charge in [0.1, 0.15) is 6.10 Å². The second-order valence-corrected chi connectivity index (χ2v) is 18.0. The standard InChI is InChI=1S/C50H97NO5/c1-5-8-11-14-20-27-34-48(35-28-21-15-12-9-6-2)56-50(53)37-30-23-17-19-26-33-47(51-44-46-39-41-54-42-40-46)32-25-18-16-22-29-36-49(52)55-43-38-45(4)31-24-13-10-7-3/h45-48,51H,5-44H2,1-4H3. The van der Waals surface area contributed by atoms with Crippen molar-refractivity contribution in [1.82, 2.24) is 5.32 Å². The Morgan fingerprint density at radius 1 is 0.536 bits per heavy atom. The van der Waals surface area contributed by atoms with Gasteiger partial charge in [0.05, 0.1) is 6.61 Å². The minimum absolute atomic E-state index is 0.00765. The Morgan fingerprint density at radius 3 is 1.50 bits per heavy atom. The Labute approximate surface area is 349 Å². The Bertz CT molecular complexity index is 829. The Kier molecular flexibility index (Phi) is 38.4. The maximum atomic E-state index is 12.8. The zero-order valence-electron chi connectivity index (χ0n) is 38.1. The quantitative estimate of drug-likeness (QED) is 0.0490. The van der Waals surface area contributed by atoms with Crippen LogP contribution in [0.3, 0.4) is 0 Å². The molecule has 1 aliphatic heterocycles. The van der Waals surface area contributed by atoms with Gasteiger partial charge in [-0.2, -0.15) is 0 Å². The molecule has 6 heteroatoms. The molecule has 1 N–H and O–H groups in total. The van der Waals surface area contributed by atoms with Crippen molar-refractivity contribution >= 4 is 11.9 Å². The van der Waals surface area contributed by atoms with Crippen LogP contribution >= 0.6 is 0 Å². The Hall–Kier alpha value is -1.14. The predicted molar refractivity (Wildman–Crippen MR) is 239 cm³/mol. The maximum absolute atomic E-state index is 12.8. The van der Waals surface area contributed by atoms with E-state index < -0.39 is 0 Å². The monoisotopic (exact) mass is 792 g/mol. The van der Waals surface area contributed by atoms with Crippen molar-refractivity contribution in [2.75, 3.05) is 26.4 Å². The Morgan fingerprint density at radius 2 is 0.964 bits per heavy atom. The summed E-state index contributed by atoms with van der Waals surface area (Å²) < 4.78 is 17.2. The van der Waals surface area contributed by atoms with Crippen LogP contribution in [0, 0.1) is 11.8 Å². The molecule has 0 aliphatic carbocycles. The van der Waals surface area contributed by atoms with Crippen LogP contribution in [0.25, 0.3) is 0 Å². The molecule has 0 aromatic carbocycles. The summed E-state index contributed by atoms with van der Waals surface area (Å²) in [7, 11) is 0. The van der Waals surface area contributed by atoms with E-state index >= 15 is 0 Å². The lowest BCUT2D eigenvalue weighted by Gasteiger charge is -2.26. The fraction of sp³-hybridized carbons (Fsp3) is 0.960. The second kappa shape index (κ2) is 40.6. The first-order valence-corrected chi connectivity index (χ1v) is 25.1. The summed E-state index contributed by atoms with van der Waals surface area (Å²) in [5.74, 6) is 1.43. The summed E-state index contributed by atoms with van der Waals surface area (Å²) >= 11 is 0. The van der Waals surface area contributed by atoms with E-state index in [0.29, 0.717) is 31.4 Å². The van der Waals surface area contributed by atoms with Crippen molar-refractivity contribution in [3.8, 4) is 0 Å². The highest BCUT2D eigenvalue weighted by Crippen LogP contribution is 2.21. The van der Waals surface area contributed by atoms with Crippen LogP contribution in [0.4, 0.5) is 0 Å². The van der Waals surface area contributed by atoms with Crippen LogP contribution in [0.15, 0.2) is 0 Å². The fourth-order valence-corrected chi connectivity index (χ4v) is 8.33. The van der Waals surface area contributed by atoms with Crippen molar-refractivity contribution in [2.45, 2.75) is 271 Å². The summed E-state index contributed by atoms with van der Waals surface area (Å²) in [6.45, 7) is 12.6. The molecule has 0 radical (unpaired) electrons. The molecule has 1 saturated heterocycles. The third-order valence-corrected chi connectivity index (χ3v) is 12.4. The molecule has 0 amide bonds. The molecule has 6 nitrogen and oxygen atoms in total. The number of unbranched alkanes of at least 4 members (excludes halogenated alkanes) is 21. The zero-order chi connectivity index (χ0) is 40.6. The van der Waals surface area contributed by atoms with E-state index in [0.717, 1.165) is 70.6 Å². The van der Waals surface area contributed by atoms with Crippen LogP contribution in [0.2, 0.25) is 0 Å². The van der Waals surface area contributed by atoms with E-state index in [2.05, 4.69) is 33.0 Å². The van der Waals surface area contributed by atoms with E-state index in [1.165, 1.54) is 173 Å². The molecule has 0 spiro atoms. The number of rotatable bonds is 42. The molecule has 2 unspecified atom stereocenters. The van der Waals surface area contributed by atoms with Gasteiger partial charge in [-0.1, -0.05) is 175 Å². The molecule has 56 heavy (non-hydrogen) atoms. The summed E-state index contributed by atoms with van der Waals surface area (Å²) in [6.07, 6.45) is 42.8. The highest BCUT2D eigenvalue weighted by Gasteiger charge is 2.17. The largest absolute Gasteiger partial charge is 0.466 e. The van der Waals surface area contributed by atoms with Gasteiger partial charge >= 0.3 is 11.9 Å². The van der Waals surface area contributed by atoms with Crippen molar-refractivity contribution in [2.24, 2.45) is 11.8 Å². The molecule has 1 heterocycles. The van der Waals surface area contributed by atoms with Gasteiger partial charge in [0.15, 0.2) is 0 Å². The highest BCUT2D eigenvalue weighted by molar-refractivity contribution is 5.69. The van der Waals surface area contributed by atoms with Crippen molar-refractivity contribution < 1.29 is 23.8 Å². The molecule has 1 fully saturated rings. The van der Waals surface area contributed by atoms with E-state index in [4.69, 9.17) is 14.2 Å². The molecular weight excluding hydrogens is 695 g/mol. The fourth-order valence-electron chi connectivity index (χ4n) is 8.33. The average Bonchev–Trinajstić information content (AvgIpc) is 3.20. The van der Waals surface area contributed by atoms with Crippen molar-refractivity contribution in [3.63, 3.8) is 0 Å². The third-order valence-electron chi connectivity index (χ3n) is 12.4. The molecule has 0 saturated carbocycles. The normalized spacial score (nSPS) is 14.7. The number of carbonyl (C=O) groups excluding carboxylic acids is 2. The first-order valence-electron chi connectivity index (χ1n) is 25.1. The maximum Gasteiger partial charge on any atom is 0.306 e. The van der Waals surface area contributed by atoms with Crippen molar-refractivity contribution in [1.29, 1.82) is 0 Å². The van der Waals surface area contributed by atoms with Gasteiger partial charge in [0.25, 0.3) is 0 Å². The lowest BCUT2D eigenvalue weighted by atomic mass is 9.97. The van der Waals surface area contributed by atoms with Crippen LogP contribution in [-0.2, 0) is 23.8 Å². The molecule has 1 rings (SSSR count). The van der Waals surface area contributed by atoms with Crippen LogP contribution in [0.5, 0.6) is 0 Å². The second-order valence-electron chi connectivity index (χ2n) is 18.0. The highest BCUT2D eigenvalue weighted by atomic mass is 16.5. The summed E-state index contributed by atoms with van der Waals surface area (Å²) in [5, 5.41) is 3.96. The molecular formula is C50H97NO5. The van der Waals surface area contributed by atoms with Crippen LogP contribution in [-0.4, -0.2) is 50.4 Å².